The van der Waals surface area contributed by atoms with Crippen molar-refractivity contribution in [3.63, 3.8) is 0 Å². The normalized spacial score (nSPS) is 19.6. The fraction of sp³-hybridized carbons (Fsp3) is 0.385. The Morgan fingerprint density at radius 3 is 2.46 bits per heavy atom. The highest BCUT2D eigenvalue weighted by molar-refractivity contribution is 5.53. The number of tetrazole rings is 1. The minimum Gasteiger partial charge on any atom is -0.375 e. The SMILES string of the molecule is Cc1ccccc1-n1nnnc1C1(Nc2c(C)n(C)n(-c3ccccc3)c2=O)CCOC(C)(C)C1. The summed E-state index contributed by atoms with van der Waals surface area (Å²) < 4.78 is 11.4. The second-order valence-electron chi connectivity index (χ2n) is 9.88. The Hall–Kier alpha value is -3.72. The molecule has 1 aliphatic rings. The first-order valence-corrected chi connectivity index (χ1v) is 11.8. The Kier molecular flexibility index (Phi) is 5.59. The van der Waals surface area contributed by atoms with E-state index in [0.717, 1.165) is 22.6 Å². The third kappa shape index (κ3) is 3.95. The number of rotatable bonds is 5. The van der Waals surface area contributed by atoms with Gasteiger partial charge in [-0.3, -0.25) is 9.48 Å². The van der Waals surface area contributed by atoms with Gasteiger partial charge in [-0.1, -0.05) is 36.4 Å². The molecule has 0 bridgehead atoms. The summed E-state index contributed by atoms with van der Waals surface area (Å²) in [6, 6.07) is 17.7. The van der Waals surface area contributed by atoms with Crippen molar-refractivity contribution in [3.8, 4) is 11.4 Å². The number of aryl methyl sites for hydroxylation is 1. The highest BCUT2D eigenvalue weighted by atomic mass is 16.5. The lowest BCUT2D eigenvalue weighted by Crippen LogP contribution is -2.50. The zero-order chi connectivity index (χ0) is 24.8. The maximum absolute atomic E-state index is 13.8. The molecule has 0 aliphatic carbocycles. The van der Waals surface area contributed by atoms with Crippen LogP contribution < -0.4 is 10.9 Å². The van der Waals surface area contributed by atoms with Gasteiger partial charge in [0.05, 0.1) is 22.7 Å². The molecular formula is C26H31N7O2. The second-order valence-corrected chi connectivity index (χ2v) is 9.88. The maximum atomic E-state index is 13.8. The molecule has 1 atom stereocenters. The molecule has 1 unspecified atom stereocenters. The predicted octanol–water partition coefficient (Wildman–Crippen LogP) is 3.66. The van der Waals surface area contributed by atoms with Crippen LogP contribution in [-0.2, 0) is 17.3 Å². The summed E-state index contributed by atoms with van der Waals surface area (Å²) in [7, 11) is 1.90. The van der Waals surface area contributed by atoms with Gasteiger partial charge in [-0.2, -0.15) is 4.68 Å². The van der Waals surface area contributed by atoms with Gasteiger partial charge in [-0.05, 0) is 61.9 Å². The summed E-state index contributed by atoms with van der Waals surface area (Å²) in [4.78, 5) is 13.8. The minimum absolute atomic E-state index is 0.116. The molecule has 0 saturated carbocycles. The summed E-state index contributed by atoms with van der Waals surface area (Å²) in [5, 5.41) is 16.6. The van der Waals surface area contributed by atoms with Gasteiger partial charge in [0.1, 0.15) is 11.2 Å². The van der Waals surface area contributed by atoms with Crippen LogP contribution in [0, 0.1) is 13.8 Å². The van der Waals surface area contributed by atoms with Crippen LogP contribution >= 0.6 is 0 Å². The maximum Gasteiger partial charge on any atom is 0.295 e. The number of anilines is 1. The Bertz CT molecular complexity index is 1420. The fourth-order valence-electron chi connectivity index (χ4n) is 5.12. The molecule has 1 aliphatic heterocycles. The van der Waals surface area contributed by atoms with Gasteiger partial charge < -0.3 is 10.1 Å². The minimum atomic E-state index is -0.715. The van der Waals surface area contributed by atoms with Crippen molar-refractivity contribution < 1.29 is 4.74 Å². The van der Waals surface area contributed by atoms with E-state index in [1.54, 1.807) is 9.36 Å². The molecule has 182 valence electrons. The zero-order valence-corrected chi connectivity index (χ0v) is 20.8. The molecule has 2 aromatic heterocycles. The lowest BCUT2D eigenvalue weighted by Gasteiger charge is -2.44. The molecule has 3 heterocycles. The average molecular weight is 474 g/mol. The van der Waals surface area contributed by atoms with Gasteiger partial charge in [0.15, 0.2) is 5.82 Å². The number of nitrogens with one attached hydrogen (secondary N) is 1. The highest BCUT2D eigenvalue weighted by Crippen LogP contribution is 2.42. The van der Waals surface area contributed by atoms with Crippen LogP contribution in [0.2, 0.25) is 0 Å². The van der Waals surface area contributed by atoms with E-state index in [1.165, 1.54) is 0 Å². The van der Waals surface area contributed by atoms with E-state index in [2.05, 4.69) is 34.7 Å². The molecule has 4 aromatic rings. The summed E-state index contributed by atoms with van der Waals surface area (Å²) in [5.41, 5.74) is 2.87. The first kappa shape index (κ1) is 23.0. The summed E-state index contributed by atoms with van der Waals surface area (Å²) in [6.45, 7) is 8.62. The Morgan fingerprint density at radius 1 is 1.03 bits per heavy atom. The number of nitrogens with zero attached hydrogens (tertiary/aromatic N) is 6. The molecule has 1 saturated heterocycles. The topological polar surface area (TPSA) is 91.8 Å². The number of benzene rings is 2. The van der Waals surface area contributed by atoms with Gasteiger partial charge in [0.25, 0.3) is 5.56 Å². The van der Waals surface area contributed by atoms with Gasteiger partial charge >= 0.3 is 0 Å². The number of ether oxygens (including phenoxy) is 1. The van der Waals surface area contributed by atoms with Crippen molar-refractivity contribution in [2.45, 2.75) is 51.7 Å². The summed E-state index contributed by atoms with van der Waals surface area (Å²) in [6.07, 6.45) is 1.20. The molecule has 2 aromatic carbocycles. The summed E-state index contributed by atoms with van der Waals surface area (Å²) in [5.74, 6) is 0.664. The third-order valence-corrected chi connectivity index (χ3v) is 6.91. The molecule has 1 N–H and O–H groups in total. The number of hydrogen-bond donors (Lipinski definition) is 1. The van der Waals surface area contributed by atoms with Gasteiger partial charge in [0, 0.05) is 26.5 Å². The Morgan fingerprint density at radius 2 is 1.74 bits per heavy atom. The van der Waals surface area contributed by atoms with E-state index >= 15 is 0 Å². The van der Waals surface area contributed by atoms with Crippen LogP contribution in [0.4, 0.5) is 5.69 Å². The van der Waals surface area contributed by atoms with Crippen LogP contribution in [0.3, 0.4) is 0 Å². The highest BCUT2D eigenvalue weighted by Gasteiger charge is 2.47. The quantitative estimate of drug-likeness (QED) is 0.476. The lowest BCUT2D eigenvalue weighted by atomic mass is 9.80. The fourth-order valence-corrected chi connectivity index (χ4v) is 5.12. The van der Waals surface area contributed by atoms with Crippen molar-refractivity contribution in [2.75, 3.05) is 11.9 Å². The van der Waals surface area contributed by atoms with E-state index in [4.69, 9.17) is 4.74 Å². The molecular weight excluding hydrogens is 442 g/mol. The van der Waals surface area contributed by atoms with Gasteiger partial charge in [-0.25, -0.2) is 4.68 Å². The van der Waals surface area contributed by atoms with Crippen molar-refractivity contribution in [1.82, 2.24) is 29.6 Å². The molecule has 9 heteroatoms. The lowest BCUT2D eigenvalue weighted by molar-refractivity contribution is -0.0787. The van der Waals surface area contributed by atoms with Crippen LogP contribution in [0.15, 0.2) is 59.4 Å². The third-order valence-electron chi connectivity index (χ3n) is 6.91. The molecule has 0 amide bonds. The first-order chi connectivity index (χ1) is 16.7. The van der Waals surface area contributed by atoms with Crippen LogP contribution in [-0.4, -0.2) is 41.8 Å². The van der Waals surface area contributed by atoms with E-state index in [0.29, 0.717) is 31.0 Å². The predicted molar refractivity (Wildman–Crippen MR) is 134 cm³/mol. The Labute approximate surface area is 204 Å². The zero-order valence-electron chi connectivity index (χ0n) is 20.8. The van der Waals surface area contributed by atoms with Crippen LogP contribution in [0.5, 0.6) is 0 Å². The smallest absolute Gasteiger partial charge is 0.295 e. The second kappa shape index (κ2) is 8.49. The van der Waals surface area contributed by atoms with Gasteiger partial charge in [-0.15, -0.1) is 5.10 Å². The van der Waals surface area contributed by atoms with E-state index in [1.807, 2.05) is 80.2 Å². The average Bonchev–Trinajstić information content (AvgIpc) is 3.40. The van der Waals surface area contributed by atoms with E-state index in [9.17, 15) is 4.79 Å². The van der Waals surface area contributed by atoms with Crippen LogP contribution in [0.25, 0.3) is 11.4 Å². The monoisotopic (exact) mass is 473 g/mol. The molecule has 9 nitrogen and oxygen atoms in total. The standard InChI is InChI=1S/C26H31N7O2/c1-18-11-9-10-14-21(18)32-24(28-29-30-32)26(15-16-35-25(3,4)17-26)27-22-19(2)31(5)33(23(22)34)20-12-7-6-8-13-20/h6-14,27H,15-17H2,1-5H3. The van der Waals surface area contributed by atoms with E-state index < -0.39 is 11.1 Å². The first-order valence-electron chi connectivity index (χ1n) is 11.8. The number of para-hydroxylation sites is 2. The van der Waals surface area contributed by atoms with E-state index in [-0.39, 0.29) is 5.56 Å². The van der Waals surface area contributed by atoms with Gasteiger partial charge in [0.2, 0.25) is 0 Å². The van der Waals surface area contributed by atoms with Crippen LogP contribution in [0.1, 0.15) is 43.8 Å². The largest absolute Gasteiger partial charge is 0.375 e. The number of hydrogen-bond acceptors (Lipinski definition) is 6. The molecule has 0 radical (unpaired) electrons. The molecule has 1 fully saturated rings. The molecule has 35 heavy (non-hydrogen) atoms. The Balaban J connectivity index is 1.67. The van der Waals surface area contributed by atoms with Crippen molar-refractivity contribution in [2.24, 2.45) is 7.05 Å². The van der Waals surface area contributed by atoms with Crippen molar-refractivity contribution >= 4 is 5.69 Å². The van der Waals surface area contributed by atoms with Crippen molar-refractivity contribution in [1.29, 1.82) is 0 Å². The summed E-state index contributed by atoms with van der Waals surface area (Å²) >= 11 is 0. The molecule has 0 spiro atoms. The molecule has 5 rings (SSSR count). The number of aromatic nitrogens is 6. The van der Waals surface area contributed by atoms with Crippen molar-refractivity contribution in [3.05, 3.63) is 82.0 Å².